The molecular formula is C13H19ClN4O. The number of hydrogen-bond acceptors (Lipinski definition) is 4. The van der Waals surface area contributed by atoms with Gasteiger partial charge in [0.2, 0.25) is 5.91 Å². The molecule has 5 nitrogen and oxygen atoms in total. The van der Waals surface area contributed by atoms with Crippen molar-refractivity contribution < 1.29 is 4.79 Å². The fraction of sp³-hybridized carbons (Fsp3) is 0.538. The number of aromatic nitrogens is 1. The van der Waals surface area contributed by atoms with E-state index in [1.165, 1.54) is 25.1 Å². The second-order valence-corrected chi connectivity index (χ2v) is 5.11. The molecule has 6 heteroatoms. The molecule has 1 amide bonds. The molecule has 1 aliphatic rings. The van der Waals surface area contributed by atoms with Crippen molar-refractivity contribution in [2.45, 2.75) is 25.8 Å². The fourth-order valence-electron chi connectivity index (χ4n) is 2.06. The van der Waals surface area contributed by atoms with Crippen LogP contribution in [0.15, 0.2) is 12.3 Å². The summed E-state index contributed by atoms with van der Waals surface area (Å²) in [5.74, 6) is 0.0744. The molecule has 0 saturated heterocycles. The van der Waals surface area contributed by atoms with Crippen LogP contribution < -0.4 is 11.1 Å². The van der Waals surface area contributed by atoms with Crippen molar-refractivity contribution in [2.24, 2.45) is 5.73 Å². The fourth-order valence-corrected chi connectivity index (χ4v) is 2.29. The van der Waals surface area contributed by atoms with Gasteiger partial charge in [0.25, 0.3) is 0 Å². The Kier molecular flexibility index (Phi) is 4.61. The number of amides is 1. The number of pyridine rings is 1. The van der Waals surface area contributed by atoms with E-state index in [2.05, 4.69) is 22.1 Å². The zero-order chi connectivity index (χ0) is 13.8. The Balaban J connectivity index is 1.87. The van der Waals surface area contributed by atoms with Gasteiger partial charge in [-0.2, -0.15) is 0 Å². The molecular weight excluding hydrogens is 264 g/mol. The van der Waals surface area contributed by atoms with Crippen molar-refractivity contribution in [1.29, 1.82) is 0 Å². The highest BCUT2D eigenvalue weighted by molar-refractivity contribution is 6.33. The van der Waals surface area contributed by atoms with E-state index in [0.29, 0.717) is 16.4 Å². The summed E-state index contributed by atoms with van der Waals surface area (Å²) < 4.78 is 0. The predicted molar refractivity (Wildman–Crippen MR) is 76.5 cm³/mol. The Morgan fingerprint density at radius 2 is 2.37 bits per heavy atom. The average molecular weight is 283 g/mol. The lowest BCUT2D eigenvalue weighted by Crippen LogP contribution is -2.31. The molecule has 1 aromatic rings. The Hall–Kier alpha value is -1.33. The summed E-state index contributed by atoms with van der Waals surface area (Å²) >= 11 is 6.05. The van der Waals surface area contributed by atoms with Crippen LogP contribution in [0.4, 0.5) is 5.82 Å². The zero-order valence-corrected chi connectivity index (χ0v) is 11.8. The molecule has 19 heavy (non-hydrogen) atoms. The highest BCUT2D eigenvalue weighted by Gasteiger charge is 2.27. The molecule has 0 unspecified atom stereocenters. The first-order valence-electron chi connectivity index (χ1n) is 6.55. The second-order valence-electron chi connectivity index (χ2n) is 4.71. The molecule has 104 valence electrons. The predicted octanol–water partition coefficient (Wildman–Crippen LogP) is 1.73. The molecule has 1 aromatic heterocycles. The van der Waals surface area contributed by atoms with Gasteiger partial charge in [0, 0.05) is 25.3 Å². The lowest BCUT2D eigenvalue weighted by molar-refractivity contribution is 0.1000. The molecule has 0 bridgehead atoms. The van der Waals surface area contributed by atoms with Crippen molar-refractivity contribution in [3.8, 4) is 0 Å². The first-order chi connectivity index (χ1) is 9.11. The molecule has 0 spiro atoms. The topological polar surface area (TPSA) is 71.2 Å². The number of anilines is 1. The highest BCUT2D eigenvalue weighted by atomic mass is 35.5. The largest absolute Gasteiger partial charge is 0.368 e. The Labute approximate surface area is 118 Å². The standard InChI is InChI=1S/C13H19ClN4O/c1-2-18(10-3-4-10)6-5-16-13-11(14)7-9(8-17-13)12(15)19/h7-8,10H,2-6H2,1H3,(H2,15,19)(H,16,17). The van der Waals surface area contributed by atoms with Crippen molar-refractivity contribution in [2.75, 3.05) is 25.0 Å². The van der Waals surface area contributed by atoms with Gasteiger partial charge in [0.05, 0.1) is 10.6 Å². The molecule has 0 aliphatic heterocycles. The molecule has 2 rings (SSSR count). The van der Waals surface area contributed by atoms with Gasteiger partial charge in [0.1, 0.15) is 5.82 Å². The number of nitrogens with one attached hydrogen (secondary N) is 1. The number of rotatable bonds is 7. The summed E-state index contributed by atoms with van der Waals surface area (Å²) in [5.41, 5.74) is 5.49. The van der Waals surface area contributed by atoms with Gasteiger partial charge in [0.15, 0.2) is 0 Å². The van der Waals surface area contributed by atoms with Crippen molar-refractivity contribution in [3.05, 3.63) is 22.8 Å². The van der Waals surface area contributed by atoms with Crippen LogP contribution >= 0.6 is 11.6 Å². The van der Waals surface area contributed by atoms with E-state index < -0.39 is 5.91 Å². The number of likely N-dealkylation sites (N-methyl/N-ethyl adjacent to an activating group) is 1. The van der Waals surface area contributed by atoms with Crippen molar-refractivity contribution in [3.63, 3.8) is 0 Å². The quantitative estimate of drug-likeness (QED) is 0.799. The molecule has 0 atom stereocenters. The lowest BCUT2D eigenvalue weighted by atomic mass is 10.2. The molecule has 1 aliphatic carbocycles. The summed E-state index contributed by atoms with van der Waals surface area (Å²) in [4.78, 5) is 17.5. The van der Waals surface area contributed by atoms with Crippen molar-refractivity contribution in [1.82, 2.24) is 9.88 Å². The van der Waals surface area contributed by atoms with E-state index in [-0.39, 0.29) is 0 Å². The maximum absolute atomic E-state index is 11.0. The van der Waals surface area contributed by atoms with Crippen LogP contribution in [0.5, 0.6) is 0 Å². The number of nitrogens with two attached hydrogens (primary N) is 1. The van der Waals surface area contributed by atoms with Gasteiger partial charge in [-0.3, -0.25) is 9.69 Å². The van der Waals surface area contributed by atoms with Gasteiger partial charge >= 0.3 is 0 Å². The molecule has 0 aromatic carbocycles. The van der Waals surface area contributed by atoms with Gasteiger partial charge < -0.3 is 11.1 Å². The minimum atomic E-state index is -0.521. The third kappa shape index (κ3) is 3.81. The third-order valence-electron chi connectivity index (χ3n) is 3.29. The SMILES string of the molecule is CCN(CCNc1ncc(C(N)=O)cc1Cl)C1CC1. The summed E-state index contributed by atoms with van der Waals surface area (Å²) in [6.45, 7) is 4.99. The molecule has 1 saturated carbocycles. The Bertz CT molecular complexity index is 462. The summed E-state index contributed by atoms with van der Waals surface area (Å²) in [5, 5.41) is 3.61. The van der Waals surface area contributed by atoms with Crippen LogP contribution in [0, 0.1) is 0 Å². The van der Waals surface area contributed by atoms with E-state index in [9.17, 15) is 4.79 Å². The number of primary amides is 1. The van der Waals surface area contributed by atoms with E-state index in [1.807, 2.05) is 0 Å². The molecule has 1 heterocycles. The van der Waals surface area contributed by atoms with Crippen LogP contribution in [0.1, 0.15) is 30.1 Å². The maximum atomic E-state index is 11.0. The van der Waals surface area contributed by atoms with E-state index in [1.54, 1.807) is 0 Å². The van der Waals surface area contributed by atoms with Gasteiger partial charge in [-0.15, -0.1) is 0 Å². The van der Waals surface area contributed by atoms with Crippen LogP contribution in [-0.2, 0) is 0 Å². The number of halogens is 1. The summed E-state index contributed by atoms with van der Waals surface area (Å²) in [6.07, 6.45) is 4.05. The van der Waals surface area contributed by atoms with E-state index in [0.717, 1.165) is 25.7 Å². The van der Waals surface area contributed by atoms with Crippen LogP contribution in [0.2, 0.25) is 5.02 Å². The van der Waals surface area contributed by atoms with Gasteiger partial charge in [-0.05, 0) is 25.5 Å². The van der Waals surface area contributed by atoms with Crippen LogP contribution in [0.25, 0.3) is 0 Å². The third-order valence-corrected chi connectivity index (χ3v) is 3.57. The zero-order valence-electron chi connectivity index (χ0n) is 11.0. The summed E-state index contributed by atoms with van der Waals surface area (Å²) in [6, 6.07) is 2.30. The normalized spacial score (nSPS) is 14.7. The van der Waals surface area contributed by atoms with Gasteiger partial charge in [-0.25, -0.2) is 4.98 Å². The monoisotopic (exact) mass is 282 g/mol. The number of nitrogens with zero attached hydrogens (tertiary/aromatic N) is 2. The molecule has 3 N–H and O–H groups in total. The highest BCUT2D eigenvalue weighted by Crippen LogP contribution is 2.26. The lowest BCUT2D eigenvalue weighted by Gasteiger charge is -2.20. The number of hydrogen-bond donors (Lipinski definition) is 2. The number of carbonyl (C=O) groups excluding carboxylic acids is 1. The second kappa shape index (κ2) is 6.21. The molecule has 0 radical (unpaired) electrons. The van der Waals surface area contributed by atoms with E-state index in [4.69, 9.17) is 17.3 Å². The average Bonchev–Trinajstić information content (AvgIpc) is 3.20. The first kappa shape index (κ1) is 14.1. The van der Waals surface area contributed by atoms with Crippen LogP contribution in [-0.4, -0.2) is 41.5 Å². The van der Waals surface area contributed by atoms with Crippen LogP contribution in [0.3, 0.4) is 0 Å². The Morgan fingerprint density at radius 1 is 1.63 bits per heavy atom. The van der Waals surface area contributed by atoms with Crippen molar-refractivity contribution >= 4 is 23.3 Å². The minimum Gasteiger partial charge on any atom is -0.368 e. The smallest absolute Gasteiger partial charge is 0.250 e. The number of carbonyl (C=O) groups is 1. The summed E-state index contributed by atoms with van der Waals surface area (Å²) in [7, 11) is 0. The first-order valence-corrected chi connectivity index (χ1v) is 6.93. The van der Waals surface area contributed by atoms with Gasteiger partial charge in [-0.1, -0.05) is 18.5 Å². The minimum absolute atomic E-state index is 0.323. The molecule has 1 fully saturated rings. The van der Waals surface area contributed by atoms with E-state index >= 15 is 0 Å². The maximum Gasteiger partial charge on any atom is 0.250 e. The Morgan fingerprint density at radius 3 is 2.89 bits per heavy atom.